The largest absolute Gasteiger partial charge is 0.294 e. The minimum absolute atomic E-state index is 0.0163. The van der Waals surface area contributed by atoms with Crippen LogP contribution in [0, 0.1) is 5.82 Å². The monoisotopic (exact) mass is 402 g/mol. The number of thioether (sulfide) groups is 1. The molecule has 1 atom stereocenters. The van der Waals surface area contributed by atoms with Gasteiger partial charge in [0.2, 0.25) is 5.91 Å². The lowest BCUT2D eigenvalue weighted by atomic mass is 10.1. The van der Waals surface area contributed by atoms with E-state index in [1.165, 1.54) is 40.9 Å². The quantitative estimate of drug-likeness (QED) is 0.511. The Labute approximate surface area is 165 Å². The second-order valence-corrected chi connectivity index (χ2v) is 7.46. The number of ketones is 1. The highest BCUT2D eigenvalue weighted by atomic mass is 35.5. The molecular weight excluding hydrogens is 387 g/mol. The molecule has 1 unspecified atom stereocenters. The fourth-order valence-electron chi connectivity index (χ4n) is 2.57. The van der Waals surface area contributed by atoms with E-state index in [2.05, 4.69) is 11.6 Å². The minimum Gasteiger partial charge on any atom is -0.294 e. The molecule has 0 radical (unpaired) electrons. The molecule has 3 rings (SSSR count). The highest BCUT2D eigenvalue weighted by molar-refractivity contribution is 8.15. The number of carbonyl (C=O) groups excluding carboxylic acids is 2. The van der Waals surface area contributed by atoms with Gasteiger partial charge in [-0.1, -0.05) is 29.4 Å². The van der Waals surface area contributed by atoms with E-state index in [1.807, 2.05) is 0 Å². The number of amides is 1. The summed E-state index contributed by atoms with van der Waals surface area (Å²) in [5, 5.41) is 0.535. The molecule has 1 heterocycles. The Hall–Kier alpha value is -2.44. The number of hydrogen-bond donors (Lipinski definition) is 0. The van der Waals surface area contributed by atoms with Crippen molar-refractivity contribution in [1.82, 2.24) is 4.90 Å². The number of benzene rings is 2. The Morgan fingerprint density at radius 1 is 1.22 bits per heavy atom. The number of rotatable bonds is 6. The summed E-state index contributed by atoms with van der Waals surface area (Å²) >= 11 is 7.13. The number of amidine groups is 1. The van der Waals surface area contributed by atoms with E-state index in [-0.39, 0.29) is 18.1 Å². The maximum absolute atomic E-state index is 13.0. The Balaban J connectivity index is 1.79. The minimum atomic E-state index is -0.575. The number of halogens is 2. The summed E-state index contributed by atoms with van der Waals surface area (Å²) in [5.41, 5.74) is 1.04. The van der Waals surface area contributed by atoms with Gasteiger partial charge < -0.3 is 0 Å². The molecule has 0 spiro atoms. The molecule has 2 aromatic carbocycles. The van der Waals surface area contributed by atoms with Gasteiger partial charge in [0.25, 0.3) is 0 Å². The molecule has 1 amide bonds. The highest BCUT2D eigenvalue weighted by Crippen LogP contribution is 2.32. The number of hydrogen-bond acceptors (Lipinski definition) is 4. The van der Waals surface area contributed by atoms with Crippen LogP contribution in [0.15, 0.2) is 66.2 Å². The predicted octanol–water partition coefficient (Wildman–Crippen LogP) is 4.87. The smallest absolute Gasteiger partial charge is 0.242 e. The van der Waals surface area contributed by atoms with Gasteiger partial charge in [-0.3, -0.25) is 14.5 Å². The lowest BCUT2D eigenvalue weighted by molar-refractivity contribution is -0.125. The van der Waals surface area contributed by atoms with Crippen molar-refractivity contribution >= 4 is 45.9 Å². The molecule has 1 fully saturated rings. The molecule has 27 heavy (non-hydrogen) atoms. The van der Waals surface area contributed by atoms with Crippen LogP contribution in [0.25, 0.3) is 0 Å². The third kappa shape index (κ3) is 4.64. The molecule has 4 nitrogen and oxygen atoms in total. The fourth-order valence-corrected chi connectivity index (χ4v) is 3.86. The molecule has 2 aromatic rings. The van der Waals surface area contributed by atoms with Gasteiger partial charge in [-0.15, -0.1) is 6.58 Å². The van der Waals surface area contributed by atoms with Crippen molar-refractivity contribution in [3.8, 4) is 0 Å². The van der Waals surface area contributed by atoms with Crippen LogP contribution in [0.3, 0.4) is 0 Å². The SMILES string of the molecule is C=CCN1C(=O)C(CC(=O)c2ccc(F)cc2)SC1=Nc1ccc(Cl)cc1. The standard InChI is InChI=1S/C20H16ClFN2O2S/c1-2-11-24-19(26)18(12-17(25)13-3-7-15(22)8-4-13)27-20(24)23-16-9-5-14(21)6-10-16/h2-10,18H,1,11-12H2. The van der Waals surface area contributed by atoms with Crippen molar-refractivity contribution in [3.05, 3.63) is 77.6 Å². The third-order valence-electron chi connectivity index (χ3n) is 3.92. The van der Waals surface area contributed by atoms with Crippen molar-refractivity contribution in [3.63, 3.8) is 0 Å². The maximum Gasteiger partial charge on any atom is 0.242 e. The Morgan fingerprint density at radius 3 is 2.52 bits per heavy atom. The van der Waals surface area contributed by atoms with E-state index in [4.69, 9.17) is 11.6 Å². The molecule has 1 aliphatic heterocycles. The van der Waals surface area contributed by atoms with Gasteiger partial charge in [0.05, 0.1) is 10.9 Å². The summed E-state index contributed by atoms with van der Waals surface area (Å²) in [5.74, 6) is -0.817. The summed E-state index contributed by atoms with van der Waals surface area (Å²) in [7, 11) is 0. The van der Waals surface area contributed by atoms with Crippen LogP contribution in [0.2, 0.25) is 5.02 Å². The summed E-state index contributed by atoms with van der Waals surface area (Å²) in [4.78, 5) is 31.2. The van der Waals surface area contributed by atoms with Crippen molar-refractivity contribution in [2.24, 2.45) is 4.99 Å². The second kappa shape index (κ2) is 8.50. The summed E-state index contributed by atoms with van der Waals surface area (Å²) in [6, 6.07) is 12.2. The van der Waals surface area contributed by atoms with E-state index in [0.29, 0.717) is 28.0 Å². The molecule has 0 bridgehead atoms. The molecule has 7 heteroatoms. The Kier molecular flexibility index (Phi) is 6.08. The first-order valence-corrected chi connectivity index (χ1v) is 9.45. The molecule has 1 aliphatic rings. The van der Waals surface area contributed by atoms with Crippen LogP contribution in [0.5, 0.6) is 0 Å². The van der Waals surface area contributed by atoms with Crippen molar-refractivity contribution in [2.45, 2.75) is 11.7 Å². The average Bonchev–Trinajstić information content (AvgIpc) is 2.93. The first kappa shape index (κ1) is 19.3. The van der Waals surface area contributed by atoms with Crippen LogP contribution in [-0.4, -0.2) is 33.6 Å². The molecule has 0 N–H and O–H groups in total. The number of Topliss-reactive ketones (excluding diaryl/α,β-unsaturated/α-hetero) is 1. The van der Waals surface area contributed by atoms with Gasteiger partial charge >= 0.3 is 0 Å². The van der Waals surface area contributed by atoms with Crippen LogP contribution in [0.4, 0.5) is 10.1 Å². The normalized spacial score (nSPS) is 18.1. The molecule has 1 saturated heterocycles. The van der Waals surface area contributed by atoms with Gasteiger partial charge in [-0.05, 0) is 48.5 Å². The van der Waals surface area contributed by atoms with Crippen molar-refractivity contribution < 1.29 is 14.0 Å². The van der Waals surface area contributed by atoms with E-state index in [0.717, 1.165) is 0 Å². The van der Waals surface area contributed by atoms with Crippen LogP contribution in [0.1, 0.15) is 16.8 Å². The van der Waals surface area contributed by atoms with Crippen molar-refractivity contribution in [2.75, 3.05) is 6.54 Å². The lowest BCUT2D eigenvalue weighted by Gasteiger charge is -2.13. The summed E-state index contributed by atoms with van der Waals surface area (Å²) in [6.07, 6.45) is 1.63. The van der Waals surface area contributed by atoms with E-state index < -0.39 is 11.1 Å². The van der Waals surface area contributed by atoms with Gasteiger partial charge in [0.1, 0.15) is 5.82 Å². The fraction of sp³-hybridized carbons (Fsp3) is 0.150. The zero-order valence-corrected chi connectivity index (χ0v) is 15.8. The summed E-state index contributed by atoms with van der Waals surface area (Å²) < 4.78 is 13.0. The summed E-state index contributed by atoms with van der Waals surface area (Å²) in [6.45, 7) is 3.98. The Bertz CT molecular complexity index is 897. The maximum atomic E-state index is 13.0. The van der Waals surface area contributed by atoms with Crippen LogP contribution >= 0.6 is 23.4 Å². The molecular formula is C20H16ClFN2O2S. The Morgan fingerprint density at radius 2 is 1.89 bits per heavy atom. The van der Waals surface area contributed by atoms with Gasteiger partial charge in [-0.2, -0.15) is 0 Å². The van der Waals surface area contributed by atoms with E-state index in [9.17, 15) is 14.0 Å². The predicted molar refractivity (Wildman–Crippen MR) is 107 cm³/mol. The third-order valence-corrected chi connectivity index (χ3v) is 5.35. The zero-order valence-electron chi connectivity index (χ0n) is 14.3. The second-order valence-electron chi connectivity index (χ2n) is 5.85. The van der Waals surface area contributed by atoms with E-state index >= 15 is 0 Å². The van der Waals surface area contributed by atoms with Gasteiger partial charge in [0, 0.05) is 23.6 Å². The first-order chi connectivity index (χ1) is 13.0. The highest BCUT2D eigenvalue weighted by Gasteiger charge is 2.38. The lowest BCUT2D eigenvalue weighted by Crippen LogP contribution is -2.32. The molecule has 0 saturated carbocycles. The van der Waals surface area contributed by atoms with Crippen LogP contribution in [-0.2, 0) is 4.79 Å². The number of carbonyl (C=O) groups is 2. The zero-order chi connectivity index (χ0) is 19.4. The average molecular weight is 403 g/mol. The number of nitrogens with zero attached hydrogens (tertiary/aromatic N) is 2. The first-order valence-electron chi connectivity index (χ1n) is 8.20. The van der Waals surface area contributed by atoms with E-state index in [1.54, 1.807) is 30.3 Å². The topological polar surface area (TPSA) is 49.7 Å². The number of aliphatic imine (C=N–C) groups is 1. The molecule has 138 valence electrons. The molecule has 0 aromatic heterocycles. The van der Waals surface area contributed by atoms with Crippen molar-refractivity contribution in [1.29, 1.82) is 0 Å². The van der Waals surface area contributed by atoms with Gasteiger partial charge in [0.15, 0.2) is 11.0 Å². The van der Waals surface area contributed by atoms with Gasteiger partial charge in [-0.25, -0.2) is 9.38 Å². The van der Waals surface area contributed by atoms with Crippen LogP contribution < -0.4 is 0 Å². The molecule has 0 aliphatic carbocycles.